The fourth-order valence-electron chi connectivity index (χ4n) is 4.81. The first kappa shape index (κ1) is 18.4. The summed E-state index contributed by atoms with van der Waals surface area (Å²) in [6, 6.07) is 3.47. The van der Waals surface area contributed by atoms with Crippen LogP contribution in [-0.2, 0) is 26.0 Å². The fraction of sp³-hybridized carbons (Fsp3) is 0.579. The first-order chi connectivity index (χ1) is 12.9. The predicted molar refractivity (Wildman–Crippen MR) is 98.8 cm³/mol. The van der Waals surface area contributed by atoms with Crippen molar-refractivity contribution in [2.75, 3.05) is 5.32 Å². The van der Waals surface area contributed by atoms with Crippen molar-refractivity contribution < 1.29 is 23.1 Å². The van der Waals surface area contributed by atoms with Gasteiger partial charge in [0.25, 0.3) is 0 Å². The van der Waals surface area contributed by atoms with E-state index in [1.54, 1.807) is 12.1 Å². The Kier molecular flexibility index (Phi) is 4.71. The van der Waals surface area contributed by atoms with Crippen molar-refractivity contribution in [3.63, 3.8) is 0 Å². The number of benzene rings is 1. The summed E-state index contributed by atoms with van der Waals surface area (Å²) in [7, 11) is -3.92. The van der Waals surface area contributed by atoms with E-state index in [1.165, 1.54) is 10.4 Å². The Hall–Kier alpha value is -1.93. The molecule has 4 rings (SSSR count). The number of rotatable bonds is 3. The summed E-state index contributed by atoms with van der Waals surface area (Å²) in [6.07, 6.45) is 5.63. The summed E-state index contributed by atoms with van der Waals surface area (Å²) in [5, 5.41) is 12.4. The third-order valence-corrected chi connectivity index (χ3v) is 8.02. The van der Waals surface area contributed by atoms with Gasteiger partial charge in [-0.05, 0) is 61.8 Å². The van der Waals surface area contributed by atoms with E-state index in [0.717, 1.165) is 24.8 Å². The van der Waals surface area contributed by atoms with E-state index in [0.29, 0.717) is 37.8 Å². The van der Waals surface area contributed by atoms with E-state index in [1.807, 2.05) is 0 Å². The van der Waals surface area contributed by atoms with Gasteiger partial charge in [-0.2, -0.15) is 4.31 Å². The number of fused-ring (bicyclic) bond motifs is 2. The Morgan fingerprint density at radius 3 is 2.70 bits per heavy atom. The highest BCUT2D eigenvalue weighted by atomic mass is 32.2. The molecular weight excluding hydrogens is 368 g/mol. The highest BCUT2D eigenvalue weighted by Crippen LogP contribution is 2.43. The van der Waals surface area contributed by atoms with Crippen molar-refractivity contribution in [1.29, 1.82) is 0 Å². The Morgan fingerprint density at radius 1 is 1.15 bits per heavy atom. The molecule has 1 aliphatic carbocycles. The van der Waals surface area contributed by atoms with Gasteiger partial charge in [0, 0.05) is 18.2 Å². The van der Waals surface area contributed by atoms with Crippen molar-refractivity contribution >= 4 is 27.6 Å². The van der Waals surface area contributed by atoms with Gasteiger partial charge in [0.1, 0.15) is 6.04 Å². The third kappa shape index (κ3) is 3.25. The lowest BCUT2D eigenvalue weighted by Gasteiger charge is -2.32. The average molecular weight is 392 g/mol. The number of nitrogens with one attached hydrogen (secondary N) is 1. The van der Waals surface area contributed by atoms with Crippen LogP contribution < -0.4 is 5.32 Å². The van der Waals surface area contributed by atoms with Crippen molar-refractivity contribution in [2.45, 2.75) is 68.3 Å². The Labute approximate surface area is 158 Å². The fourth-order valence-corrected chi connectivity index (χ4v) is 6.73. The second-order valence-electron chi connectivity index (χ2n) is 7.76. The molecule has 1 saturated heterocycles. The number of hydrogen-bond donors (Lipinski definition) is 2. The van der Waals surface area contributed by atoms with Crippen LogP contribution in [0.5, 0.6) is 0 Å². The number of aryl methyl sites for hydroxylation is 1. The van der Waals surface area contributed by atoms with E-state index >= 15 is 0 Å². The van der Waals surface area contributed by atoms with Gasteiger partial charge in [-0.1, -0.05) is 12.8 Å². The SMILES string of the molecule is O=C1CCCc2cc(S(=O)(=O)N3C(C(=O)O)CC4CCCCC43)ccc2N1. The summed E-state index contributed by atoms with van der Waals surface area (Å²) in [5.74, 6) is -1.02. The van der Waals surface area contributed by atoms with Crippen molar-refractivity contribution in [3.05, 3.63) is 23.8 Å². The molecule has 0 aromatic heterocycles. The molecule has 27 heavy (non-hydrogen) atoms. The summed E-state index contributed by atoms with van der Waals surface area (Å²) >= 11 is 0. The number of aliphatic carboxylic acids is 1. The molecule has 146 valence electrons. The Morgan fingerprint density at radius 2 is 1.93 bits per heavy atom. The zero-order valence-corrected chi connectivity index (χ0v) is 15.9. The number of hydrogen-bond acceptors (Lipinski definition) is 4. The number of sulfonamides is 1. The molecule has 0 bridgehead atoms. The van der Waals surface area contributed by atoms with Gasteiger partial charge >= 0.3 is 5.97 Å². The number of amides is 1. The van der Waals surface area contributed by atoms with Crippen molar-refractivity contribution in [2.24, 2.45) is 5.92 Å². The van der Waals surface area contributed by atoms with Crippen LogP contribution in [0.4, 0.5) is 5.69 Å². The summed E-state index contributed by atoms with van der Waals surface area (Å²) < 4.78 is 28.1. The van der Waals surface area contributed by atoms with Crippen LogP contribution in [0, 0.1) is 5.92 Å². The van der Waals surface area contributed by atoms with Crippen molar-refractivity contribution in [1.82, 2.24) is 4.31 Å². The molecule has 2 fully saturated rings. The quantitative estimate of drug-likeness (QED) is 0.822. The lowest BCUT2D eigenvalue weighted by atomic mass is 9.85. The minimum Gasteiger partial charge on any atom is -0.480 e. The molecule has 1 aromatic rings. The van der Waals surface area contributed by atoms with Gasteiger partial charge in [-0.25, -0.2) is 8.42 Å². The summed E-state index contributed by atoms with van der Waals surface area (Å²) in [6.45, 7) is 0. The number of carbonyl (C=O) groups excluding carboxylic acids is 1. The maximum absolute atomic E-state index is 13.4. The zero-order chi connectivity index (χ0) is 19.2. The number of carboxylic acids is 1. The first-order valence-corrected chi connectivity index (χ1v) is 11.0. The Balaban J connectivity index is 1.72. The lowest BCUT2D eigenvalue weighted by Crippen LogP contribution is -2.46. The second kappa shape index (κ2) is 6.91. The van der Waals surface area contributed by atoms with Crippen LogP contribution in [0.25, 0.3) is 0 Å². The lowest BCUT2D eigenvalue weighted by molar-refractivity contribution is -0.141. The monoisotopic (exact) mass is 392 g/mol. The Bertz CT molecular complexity index is 882. The molecular formula is C19H24N2O5S. The first-order valence-electron chi connectivity index (χ1n) is 9.57. The molecule has 1 amide bonds. The van der Waals surface area contributed by atoms with E-state index in [2.05, 4.69) is 5.32 Å². The molecule has 3 atom stereocenters. The smallest absolute Gasteiger partial charge is 0.322 e. The van der Waals surface area contributed by atoms with Crippen LogP contribution >= 0.6 is 0 Å². The predicted octanol–water partition coefficient (Wildman–Crippen LogP) is 2.37. The van der Waals surface area contributed by atoms with Crippen LogP contribution in [0.1, 0.15) is 50.5 Å². The summed E-state index contributed by atoms with van der Waals surface area (Å²) in [5.41, 5.74) is 1.43. The van der Waals surface area contributed by atoms with Gasteiger partial charge in [0.2, 0.25) is 15.9 Å². The van der Waals surface area contributed by atoms with Gasteiger partial charge in [0.05, 0.1) is 4.90 Å². The highest BCUT2D eigenvalue weighted by molar-refractivity contribution is 7.89. The van der Waals surface area contributed by atoms with E-state index < -0.39 is 22.0 Å². The van der Waals surface area contributed by atoms with Gasteiger partial charge in [0.15, 0.2) is 0 Å². The van der Waals surface area contributed by atoms with Gasteiger partial charge < -0.3 is 10.4 Å². The maximum Gasteiger partial charge on any atom is 0.322 e. The van der Waals surface area contributed by atoms with Gasteiger partial charge in [-0.15, -0.1) is 0 Å². The van der Waals surface area contributed by atoms with E-state index in [4.69, 9.17) is 0 Å². The standard InChI is InChI=1S/C19H24N2O5S/c22-18-7-3-5-12-10-14(8-9-15(12)20-18)27(25,26)21-16-6-2-1-4-13(16)11-17(21)19(23)24/h8-10,13,16-17H,1-7,11H2,(H,20,22)(H,23,24). The van der Waals surface area contributed by atoms with E-state index in [9.17, 15) is 23.1 Å². The molecule has 1 aromatic carbocycles. The largest absolute Gasteiger partial charge is 0.480 e. The van der Waals surface area contributed by atoms with Crippen LogP contribution in [0.15, 0.2) is 23.1 Å². The highest BCUT2D eigenvalue weighted by Gasteiger charge is 2.51. The van der Waals surface area contributed by atoms with Gasteiger partial charge in [-0.3, -0.25) is 9.59 Å². The molecule has 3 unspecified atom stereocenters. The molecule has 2 aliphatic heterocycles. The summed E-state index contributed by atoms with van der Waals surface area (Å²) in [4.78, 5) is 23.6. The average Bonchev–Trinajstić information content (AvgIpc) is 2.93. The number of carbonyl (C=O) groups is 2. The minimum absolute atomic E-state index is 0.0695. The third-order valence-electron chi connectivity index (χ3n) is 6.09. The molecule has 2 N–H and O–H groups in total. The molecule has 0 radical (unpaired) electrons. The second-order valence-corrected chi connectivity index (χ2v) is 9.60. The molecule has 0 spiro atoms. The van der Waals surface area contributed by atoms with Crippen LogP contribution in [-0.4, -0.2) is 41.8 Å². The zero-order valence-electron chi connectivity index (χ0n) is 15.1. The van der Waals surface area contributed by atoms with E-state index in [-0.39, 0.29) is 22.8 Å². The molecule has 2 heterocycles. The molecule has 7 nitrogen and oxygen atoms in total. The normalized spacial score (nSPS) is 28.7. The number of carboxylic acid groups (broad SMARTS) is 1. The minimum atomic E-state index is -3.92. The number of anilines is 1. The molecule has 3 aliphatic rings. The van der Waals surface area contributed by atoms with Crippen LogP contribution in [0.2, 0.25) is 0 Å². The maximum atomic E-state index is 13.4. The molecule has 8 heteroatoms. The topological polar surface area (TPSA) is 104 Å². The van der Waals surface area contributed by atoms with Crippen molar-refractivity contribution in [3.8, 4) is 0 Å². The van der Waals surface area contributed by atoms with Crippen LogP contribution in [0.3, 0.4) is 0 Å². The molecule has 1 saturated carbocycles. The number of nitrogens with zero attached hydrogens (tertiary/aromatic N) is 1.